The Labute approximate surface area is 60.1 Å². The van der Waals surface area contributed by atoms with Crippen molar-refractivity contribution < 1.29 is 18.4 Å². The van der Waals surface area contributed by atoms with Gasteiger partial charge in [0.2, 0.25) is 0 Å². The van der Waals surface area contributed by atoms with Crippen molar-refractivity contribution in [3.05, 3.63) is 0 Å². The van der Waals surface area contributed by atoms with E-state index >= 15 is 0 Å². The number of carbonyl (C=O) groups is 2. The molecule has 5 nitrogen and oxygen atoms in total. The molecule has 62 valence electrons. The number of urea groups is 1. The van der Waals surface area contributed by atoms with Crippen molar-refractivity contribution in [2.24, 2.45) is 5.73 Å². The molecule has 11 heavy (non-hydrogen) atoms. The Bertz CT molecular complexity index is 204. The number of nitrogens with two attached hydrogens (primary N) is 1. The number of imide groups is 1. The molecule has 0 fully saturated rings. The highest BCUT2D eigenvalue weighted by molar-refractivity contribution is 6.41. The third kappa shape index (κ3) is 3.23. The van der Waals surface area contributed by atoms with Gasteiger partial charge in [-0.2, -0.15) is 0 Å². The van der Waals surface area contributed by atoms with Crippen LogP contribution in [0.15, 0.2) is 0 Å². The van der Waals surface area contributed by atoms with E-state index in [1.807, 2.05) is 0 Å². The summed E-state index contributed by atoms with van der Waals surface area (Å²) in [5.41, 5.74) is 2.94. The molecule has 0 aromatic rings. The van der Waals surface area contributed by atoms with E-state index in [1.54, 1.807) is 0 Å². The molecule has 0 saturated carbocycles. The maximum Gasteiger partial charge on any atom is 0.319 e. The predicted molar refractivity (Wildman–Crippen MR) is 31.5 cm³/mol. The van der Waals surface area contributed by atoms with Gasteiger partial charge in [-0.1, -0.05) is 0 Å². The number of primary amides is 1. The maximum atomic E-state index is 11.5. The molecule has 0 aliphatic rings. The van der Waals surface area contributed by atoms with Crippen molar-refractivity contribution in [3.8, 4) is 0 Å². The van der Waals surface area contributed by atoms with Gasteiger partial charge in [-0.25, -0.2) is 13.6 Å². The number of alkyl halides is 2. The van der Waals surface area contributed by atoms with E-state index in [0.29, 0.717) is 0 Å². The van der Waals surface area contributed by atoms with Crippen LogP contribution >= 0.6 is 0 Å². The standard InChI is InChI=1S/C4H5F2N3O2/c5-2(6)1(7)3(10)9-4(8)11/h2,7H,(H3,8,9,10,11). The molecule has 0 radical (unpaired) electrons. The molecule has 0 bridgehead atoms. The summed E-state index contributed by atoms with van der Waals surface area (Å²) in [6.45, 7) is 0. The zero-order valence-electron chi connectivity index (χ0n) is 5.23. The topological polar surface area (TPSA) is 96.0 Å². The van der Waals surface area contributed by atoms with Gasteiger partial charge in [-0.3, -0.25) is 15.5 Å². The summed E-state index contributed by atoms with van der Waals surface area (Å²) in [6.07, 6.45) is -3.20. The lowest BCUT2D eigenvalue weighted by molar-refractivity contribution is -0.114. The monoisotopic (exact) mass is 165 g/mol. The van der Waals surface area contributed by atoms with Crippen LogP contribution in [-0.2, 0) is 4.79 Å². The summed E-state index contributed by atoms with van der Waals surface area (Å²) in [5.74, 6) is -1.48. The first kappa shape index (κ1) is 9.47. The largest absolute Gasteiger partial charge is 0.351 e. The molecule has 4 N–H and O–H groups in total. The molecule has 3 amide bonds. The number of nitrogens with one attached hydrogen (secondary N) is 2. The molecule has 0 aromatic carbocycles. The quantitative estimate of drug-likeness (QED) is 0.479. The summed E-state index contributed by atoms with van der Waals surface area (Å²) in [6, 6.07) is -1.26. The van der Waals surface area contributed by atoms with Crippen molar-refractivity contribution >= 4 is 17.6 Å². The number of amides is 3. The van der Waals surface area contributed by atoms with Crippen molar-refractivity contribution in [1.29, 1.82) is 5.41 Å². The fourth-order valence-electron chi connectivity index (χ4n) is 0.278. The first-order valence-corrected chi connectivity index (χ1v) is 2.42. The second-order valence-corrected chi connectivity index (χ2v) is 1.53. The molecule has 0 unspecified atom stereocenters. The third-order valence-electron chi connectivity index (χ3n) is 0.700. The number of halogens is 2. The molecule has 0 aromatic heterocycles. The Kier molecular flexibility index (Phi) is 3.09. The van der Waals surface area contributed by atoms with Gasteiger partial charge < -0.3 is 5.73 Å². The molecule has 0 atom stereocenters. The Morgan fingerprint density at radius 2 is 1.91 bits per heavy atom. The van der Waals surface area contributed by atoms with Crippen LogP contribution in [0.3, 0.4) is 0 Å². The van der Waals surface area contributed by atoms with Crippen molar-refractivity contribution in [2.75, 3.05) is 0 Å². The molecule has 7 heteroatoms. The summed E-state index contributed by atoms with van der Waals surface area (Å²) >= 11 is 0. The fraction of sp³-hybridized carbons (Fsp3) is 0.250. The highest BCUT2D eigenvalue weighted by atomic mass is 19.3. The smallest absolute Gasteiger partial charge is 0.319 e. The zero-order chi connectivity index (χ0) is 9.02. The molecule has 0 aliphatic heterocycles. The summed E-state index contributed by atoms with van der Waals surface area (Å²) < 4.78 is 23.0. The summed E-state index contributed by atoms with van der Waals surface area (Å²) in [4.78, 5) is 20.2. The van der Waals surface area contributed by atoms with Crippen LogP contribution in [0, 0.1) is 5.41 Å². The average molecular weight is 165 g/mol. The lowest BCUT2D eigenvalue weighted by Gasteiger charge is -1.99. The van der Waals surface area contributed by atoms with E-state index in [9.17, 15) is 18.4 Å². The number of hydrogen-bond acceptors (Lipinski definition) is 3. The SMILES string of the molecule is N=C(C(=O)NC(N)=O)C(F)F. The summed E-state index contributed by atoms with van der Waals surface area (Å²) in [5, 5.41) is 7.69. The molecule has 0 rings (SSSR count). The first-order valence-electron chi connectivity index (χ1n) is 2.42. The van der Waals surface area contributed by atoms with Gasteiger partial charge in [0.25, 0.3) is 12.3 Å². The third-order valence-corrected chi connectivity index (χ3v) is 0.700. The van der Waals surface area contributed by atoms with E-state index in [0.717, 1.165) is 0 Å². The van der Waals surface area contributed by atoms with Gasteiger partial charge in [-0.15, -0.1) is 0 Å². The van der Waals surface area contributed by atoms with Crippen LogP contribution in [0.5, 0.6) is 0 Å². The van der Waals surface area contributed by atoms with Crippen LogP contribution in [-0.4, -0.2) is 24.1 Å². The fourth-order valence-corrected chi connectivity index (χ4v) is 0.278. The Hall–Kier alpha value is -1.53. The van der Waals surface area contributed by atoms with Crippen LogP contribution in [0.2, 0.25) is 0 Å². The number of carbonyl (C=O) groups excluding carboxylic acids is 2. The van der Waals surface area contributed by atoms with Crippen molar-refractivity contribution in [2.45, 2.75) is 6.43 Å². The van der Waals surface area contributed by atoms with E-state index < -0.39 is 24.1 Å². The van der Waals surface area contributed by atoms with Crippen molar-refractivity contribution in [3.63, 3.8) is 0 Å². The highest BCUT2D eigenvalue weighted by Crippen LogP contribution is 1.93. The van der Waals surface area contributed by atoms with Gasteiger partial charge in [0.15, 0.2) is 5.71 Å². The Balaban J connectivity index is 4.05. The molecular formula is C4H5F2N3O2. The predicted octanol–water partition coefficient (Wildman–Crippen LogP) is -0.534. The minimum absolute atomic E-state index is 1.26. The van der Waals surface area contributed by atoms with E-state index in [4.69, 9.17) is 5.41 Å². The van der Waals surface area contributed by atoms with E-state index in [1.165, 1.54) is 5.32 Å². The van der Waals surface area contributed by atoms with E-state index in [2.05, 4.69) is 5.73 Å². The first-order chi connectivity index (χ1) is 4.95. The van der Waals surface area contributed by atoms with Crippen molar-refractivity contribution in [1.82, 2.24) is 5.32 Å². The maximum absolute atomic E-state index is 11.5. The van der Waals surface area contributed by atoms with Gasteiger partial charge in [0.05, 0.1) is 0 Å². The lowest BCUT2D eigenvalue weighted by Crippen LogP contribution is -2.41. The molecule has 0 aliphatic carbocycles. The minimum Gasteiger partial charge on any atom is -0.351 e. The van der Waals surface area contributed by atoms with Crippen LogP contribution < -0.4 is 11.1 Å². The van der Waals surface area contributed by atoms with Crippen LogP contribution in [0.4, 0.5) is 13.6 Å². The van der Waals surface area contributed by atoms with Gasteiger partial charge in [0.1, 0.15) is 0 Å². The minimum atomic E-state index is -3.20. The second kappa shape index (κ2) is 3.59. The number of hydrogen-bond donors (Lipinski definition) is 3. The Morgan fingerprint density at radius 3 is 2.18 bits per heavy atom. The number of rotatable bonds is 2. The van der Waals surface area contributed by atoms with Gasteiger partial charge >= 0.3 is 6.03 Å². The molecule has 0 heterocycles. The molecule has 0 spiro atoms. The normalized spacial score (nSPS) is 9.36. The molecule has 0 saturated heterocycles. The van der Waals surface area contributed by atoms with Crippen LogP contribution in [0.25, 0.3) is 0 Å². The van der Waals surface area contributed by atoms with Crippen LogP contribution in [0.1, 0.15) is 0 Å². The Morgan fingerprint density at radius 1 is 1.45 bits per heavy atom. The highest BCUT2D eigenvalue weighted by Gasteiger charge is 2.20. The van der Waals surface area contributed by atoms with Gasteiger partial charge in [0, 0.05) is 0 Å². The average Bonchev–Trinajstić information content (AvgIpc) is 1.84. The molecular weight excluding hydrogens is 160 g/mol. The zero-order valence-corrected chi connectivity index (χ0v) is 5.23. The van der Waals surface area contributed by atoms with E-state index in [-0.39, 0.29) is 0 Å². The van der Waals surface area contributed by atoms with Gasteiger partial charge in [-0.05, 0) is 0 Å². The second-order valence-electron chi connectivity index (χ2n) is 1.53. The summed E-state index contributed by atoms with van der Waals surface area (Å²) in [7, 11) is 0. The lowest BCUT2D eigenvalue weighted by atomic mass is 10.4.